The Morgan fingerprint density at radius 1 is 0.900 bits per heavy atom. The summed E-state index contributed by atoms with van der Waals surface area (Å²) in [5.41, 5.74) is 0. The molecule has 0 fully saturated rings. The van der Waals surface area contributed by atoms with Crippen LogP contribution in [0.2, 0.25) is 0 Å². The average molecular weight is 272 g/mol. The van der Waals surface area contributed by atoms with Gasteiger partial charge in [0.15, 0.2) is 0 Å². The summed E-state index contributed by atoms with van der Waals surface area (Å²) in [5.74, 6) is 1.43. The van der Waals surface area contributed by atoms with Crippen molar-refractivity contribution >= 4 is 0 Å². The number of rotatable bonds is 12. The molecule has 0 spiro atoms. The first-order valence-corrected chi connectivity index (χ1v) is 7.92. The van der Waals surface area contributed by atoms with Gasteiger partial charge in [0, 0.05) is 0 Å². The van der Waals surface area contributed by atoms with Crippen molar-refractivity contribution < 1.29 is 0 Å². The third-order valence-corrected chi connectivity index (χ3v) is 3.60. The maximum Gasteiger partial charge on any atom is -0.00504 e. The predicted octanol–water partition coefficient (Wildman–Crippen LogP) is 6.50. The molecular weight excluding hydrogens is 240 g/mol. The summed E-state index contributed by atoms with van der Waals surface area (Å²) < 4.78 is 0. The Morgan fingerprint density at radius 2 is 1.65 bits per heavy atom. The highest BCUT2D eigenvalue weighted by atomic mass is 14.2. The lowest BCUT2D eigenvalue weighted by atomic mass is 9.82. The first-order chi connectivity index (χ1) is 9.73. The van der Waals surface area contributed by atoms with Crippen LogP contribution in [0.5, 0.6) is 0 Å². The van der Waals surface area contributed by atoms with Crippen molar-refractivity contribution in [3.05, 3.63) is 62.3 Å². The molecule has 3 unspecified atom stereocenters. The molecule has 0 aromatic carbocycles. The molecule has 0 rings (SSSR count). The van der Waals surface area contributed by atoms with Gasteiger partial charge in [0.05, 0.1) is 0 Å². The van der Waals surface area contributed by atoms with Crippen LogP contribution in [-0.2, 0) is 0 Å². The van der Waals surface area contributed by atoms with Gasteiger partial charge in [-0.1, -0.05) is 62.8 Å². The largest absolute Gasteiger partial charge is 0.103 e. The Hall–Kier alpha value is -1.30. The Kier molecular flexibility index (Phi) is 11.9. The van der Waals surface area contributed by atoms with E-state index in [0.717, 1.165) is 25.7 Å². The SMILES string of the molecule is C=CCC(C=C)C(C=CCC)CC(C=C)C=CCCC. The van der Waals surface area contributed by atoms with E-state index in [0.29, 0.717) is 17.8 Å². The molecule has 0 bridgehead atoms. The van der Waals surface area contributed by atoms with Gasteiger partial charge < -0.3 is 0 Å². The van der Waals surface area contributed by atoms with Crippen LogP contribution in [0, 0.1) is 17.8 Å². The highest BCUT2D eigenvalue weighted by Gasteiger charge is 2.17. The molecule has 0 heteroatoms. The Labute approximate surface area is 126 Å². The van der Waals surface area contributed by atoms with Crippen LogP contribution in [0.3, 0.4) is 0 Å². The highest BCUT2D eigenvalue weighted by molar-refractivity contribution is 5.04. The minimum absolute atomic E-state index is 0.445. The molecule has 3 atom stereocenters. The first kappa shape index (κ1) is 18.7. The van der Waals surface area contributed by atoms with Crippen molar-refractivity contribution in [2.24, 2.45) is 17.8 Å². The van der Waals surface area contributed by atoms with Gasteiger partial charge in [-0.15, -0.1) is 19.7 Å². The average Bonchev–Trinajstić information content (AvgIpc) is 2.47. The van der Waals surface area contributed by atoms with E-state index >= 15 is 0 Å². The van der Waals surface area contributed by atoms with Gasteiger partial charge in [-0.2, -0.15) is 0 Å². The van der Waals surface area contributed by atoms with Crippen molar-refractivity contribution in [1.29, 1.82) is 0 Å². The summed E-state index contributed by atoms with van der Waals surface area (Å²) in [4.78, 5) is 0. The molecule has 20 heavy (non-hydrogen) atoms. The Morgan fingerprint density at radius 3 is 2.15 bits per heavy atom. The predicted molar refractivity (Wildman–Crippen MR) is 93.8 cm³/mol. The van der Waals surface area contributed by atoms with Crippen LogP contribution >= 0.6 is 0 Å². The zero-order valence-electron chi connectivity index (χ0n) is 13.4. The molecule has 0 nitrogen and oxygen atoms in total. The summed E-state index contributed by atoms with van der Waals surface area (Å²) in [7, 11) is 0. The van der Waals surface area contributed by atoms with Crippen LogP contribution < -0.4 is 0 Å². The summed E-state index contributed by atoms with van der Waals surface area (Å²) >= 11 is 0. The molecule has 0 amide bonds. The summed E-state index contributed by atoms with van der Waals surface area (Å²) in [6, 6.07) is 0. The fourth-order valence-corrected chi connectivity index (χ4v) is 2.35. The molecule has 0 aliphatic rings. The minimum Gasteiger partial charge on any atom is -0.103 e. The maximum atomic E-state index is 3.99. The lowest BCUT2D eigenvalue weighted by Gasteiger charge is -2.23. The summed E-state index contributed by atoms with van der Waals surface area (Å²) in [6.07, 6.45) is 20.8. The molecule has 0 heterocycles. The molecule has 0 aliphatic carbocycles. The van der Waals surface area contributed by atoms with E-state index in [1.807, 2.05) is 6.08 Å². The zero-order chi connectivity index (χ0) is 15.2. The van der Waals surface area contributed by atoms with E-state index in [1.165, 1.54) is 6.42 Å². The Balaban J connectivity index is 4.82. The molecule has 0 aromatic rings. The van der Waals surface area contributed by atoms with Gasteiger partial charge in [-0.25, -0.2) is 0 Å². The molecule has 0 saturated heterocycles. The highest BCUT2D eigenvalue weighted by Crippen LogP contribution is 2.27. The van der Waals surface area contributed by atoms with Crippen LogP contribution in [0.15, 0.2) is 62.3 Å². The minimum atomic E-state index is 0.445. The standard InChI is InChI=1S/C20H32/c1-6-11-13-15-18(9-4)17-20(16-12-7-2)19(10-5)14-8-3/h8-10,12-13,15-16,18-20H,3-7,11,14,17H2,1-2H3. The number of allylic oxidation sites excluding steroid dienone is 7. The van der Waals surface area contributed by atoms with Gasteiger partial charge in [0.2, 0.25) is 0 Å². The lowest BCUT2D eigenvalue weighted by molar-refractivity contribution is 0.422. The van der Waals surface area contributed by atoms with E-state index in [1.54, 1.807) is 0 Å². The second-order valence-electron chi connectivity index (χ2n) is 5.28. The van der Waals surface area contributed by atoms with Crippen molar-refractivity contribution in [2.45, 2.75) is 46.0 Å². The second kappa shape index (κ2) is 12.7. The van der Waals surface area contributed by atoms with Crippen molar-refractivity contribution in [2.75, 3.05) is 0 Å². The van der Waals surface area contributed by atoms with E-state index in [2.05, 4.69) is 70.0 Å². The van der Waals surface area contributed by atoms with Gasteiger partial charge in [-0.05, 0) is 43.4 Å². The van der Waals surface area contributed by atoms with E-state index in [4.69, 9.17) is 0 Å². The normalized spacial score (nSPS) is 16.1. The van der Waals surface area contributed by atoms with Gasteiger partial charge in [0.1, 0.15) is 0 Å². The van der Waals surface area contributed by atoms with Crippen LogP contribution in [-0.4, -0.2) is 0 Å². The first-order valence-electron chi connectivity index (χ1n) is 7.92. The van der Waals surface area contributed by atoms with Gasteiger partial charge in [-0.3, -0.25) is 0 Å². The second-order valence-corrected chi connectivity index (χ2v) is 5.28. The quantitative estimate of drug-likeness (QED) is 0.356. The number of unbranched alkanes of at least 4 members (excludes halogenated alkanes) is 1. The molecule has 0 aliphatic heterocycles. The van der Waals surface area contributed by atoms with Gasteiger partial charge >= 0.3 is 0 Å². The molecule has 0 aromatic heterocycles. The molecule has 0 saturated carbocycles. The smallest absolute Gasteiger partial charge is 0.00504 e. The summed E-state index contributed by atoms with van der Waals surface area (Å²) in [6.45, 7) is 16.2. The molecular formula is C20H32. The zero-order valence-corrected chi connectivity index (χ0v) is 13.4. The van der Waals surface area contributed by atoms with Crippen molar-refractivity contribution in [3.8, 4) is 0 Å². The van der Waals surface area contributed by atoms with Crippen LogP contribution in [0.4, 0.5) is 0 Å². The Bertz CT molecular complexity index is 319. The molecule has 0 N–H and O–H groups in total. The van der Waals surface area contributed by atoms with Crippen molar-refractivity contribution in [1.82, 2.24) is 0 Å². The van der Waals surface area contributed by atoms with Crippen LogP contribution in [0.25, 0.3) is 0 Å². The third kappa shape index (κ3) is 7.99. The number of hydrogen-bond acceptors (Lipinski definition) is 0. The maximum absolute atomic E-state index is 3.99. The lowest BCUT2D eigenvalue weighted by Crippen LogP contribution is -2.13. The van der Waals surface area contributed by atoms with Crippen molar-refractivity contribution in [3.63, 3.8) is 0 Å². The number of hydrogen-bond donors (Lipinski definition) is 0. The molecule has 112 valence electrons. The fourth-order valence-electron chi connectivity index (χ4n) is 2.35. The fraction of sp³-hybridized carbons (Fsp3) is 0.500. The van der Waals surface area contributed by atoms with E-state index in [-0.39, 0.29) is 0 Å². The van der Waals surface area contributed by atoms with Gasteiger partial charge in [0.25, 0.3) is 0 Å². The van der Waals surface area contributed by atoms with E-state index < -0.39 is 0 Å². The molecule has 0 radical (unpaired) electrons. The van der Waals surface area contributed by atoms with Crippen LogP contribution in [0.1, 0.15) is 46.0 Å². The topological polar surface area (TPSA) is 0 Å². The third-order valence-electron chi connectivity index (χ3n) is 3.60. The summed E-state index contributed by atoms with van der Waals surface area (Å²) in [5, 5.41) is 0. The van der Waals surface area contributed by atoms with E-state index in [9.17, 15) is 0 Å². The monoisotopic (exact) mass is 272 g/mol.